The van der Waals surface area contributed by atoms with E-state index in [4.69, 9.17) is 11.6 Å². The topological polar surface area (TPSA) is 49.4 Å². The number of carbonyl (C=O) groups is 2. The Labute approximate surface area is 165 Å². The summed E-state index contributed by atoms with van der Waals surface area (Å²) in [7, 11) is 0. The SMILES string of the molecule is Cc1c(NC(=O)c2ccc(Cl)c(I)c2)cccc1C(=O)N1CCCC1. The van der Waals surface area contributed by atoms with Crippen LogP contribution in [0.2, 0.25) is 5.02 Å². The number of rotatable bonds is 3. The highest BCUT2D eigenvalue weighted by Crippen LogP contribution is 2.24. The van der Waals surface area contributed by atoms with Gasteiger partial charge in [-0.1, -0.05) is 17.7 Å². The summed E-state index contributed by atoms with van der Waals surface area (Å²) < 4.78 is 0.821. The fraction of sp³-hybridized carbons (Fsp3) is 0.263. The smallest absolute Gasteiger partial charge is 0.255 e. The molecule has 6 heteroatoms. The Morgan fingerprint density at radius 1 is 1.16 bits per heavy atom. The van der Waals surface area contributed by atoms with Crippen LogP contribution in [0.5, 0.6) is 0 Å². The number of anilines is 1. The monoisotopic (exact) mass is 468 g/mol. The normalized spacial score (nSPS) is 13.8. The Bertz CT molecular complexity index is 832. The largest absolute Gasteiger partial charge is 0.339 e. The van der Waals surface area contributed by atoms with Gasteiger partial charge >= 0.3 is 0 Å². The van der Waals surface area contributed by atoms with Crippen molar-refractivity contribution >= 4 is 51.7 Å². The second-order valence-corrected chi connectivity index (χ2v) is 7.63. The molecule has 1 N–H and O–H groups in total. The first-order chi connectivity index (χ1) is 12.0. The van der Waals surface area contributed by atoms with Crippen LogP contribution in [-0.2, 0) is 0 Å². The summed E-state index contributed by atoms with van der Waals surface area (Å²) in [6.07, 6.45) is 2.10. The van der Waals surface area contributed by atoms with Crippen LogP contribution in [0.1, 0.15) is 39.1 Å². The molecule has 4 nitrogen and oxygen atoms in total. The van der Waals surface area contributed by atoms with Crippen LogP contribution in [0, 0.1) is 10.5 Å². The van der Waals surface area contributed by atoms with Crippen LogP contribution in [0.15, 0.2) is 36.4 Å². The highest BCUT2D eigenvalue weighted by Gasteiger charge is 2.22. The quantitative estimate of drug-likeness (QED) is 0.662. The summed E-state index contributed by atoms with van der Waals surface area (Å²) in [6, 6.07) is 10.6. The molecule has 1 aliphatic rings. The molecule has 1 fully saturated rings. The highest BCUT2D eigenvalue weighted by atomic mass is 127. The molecule has 25 heavy (non-hydrogen) atoms. The number of nitrogens with one attached hydrogen (secondary N) is 1. The third-order valence-corrected chi connectivity index (χ3v) is 5.93. The summed E-state index contributed by atoms with van der Waals surface area (Å²) in [5.74, 6) is -0.185. The summed E-state index contributed by atoms with van der Waals surface area (Å²) in [5.41, 5.74) is 2.62. The van der Waals surface area contributed by atoms with Crippen LogP contribution in [-0.4, -0.2) is 29.8 Å². The third kappa shape index (κ3) is 3.98. The molecule has 0 bridgehead atoms. The van der Waals surface area contributed by atoms with Crippen molar-refractivity contribution in [2.24, 2.45) is 0 Å². The molecule has 2 amide bonds. The second-order valence-electron chi connectivity index (χ2n) is 6.06. The minimum absolute atomic E-state index is 0.0344. The number of likely N-dealkylation sites (tertiary alicyclic amines) is 1. The van der Waals surface area contributed by atoms with Gasteiger partial charge in [0, 0.05) is 33.5 Å². The molecule has 0 atom stereocenters. The van der Waals surface area contributed by atoms with Gasteiger partial charge in [0.15, 0.2) is 0 Å². The Balaban J connectivity index is 1.82. The number of halogens is 2. The number of amides is 2. The van der Waals surface area contributed by atoms with Gasteiger partial charge in [0.2, 0.25) is 0 Å². The van der Waals surface area contributed by atoms with Gasteiger partial charge in [-0.3, -0.25) is 9.59 Å². The summed E-state index contributed by atoms with van der Waals surface area (Å²) in [5, 5.41) is 3.52. The predicted octanol–water partition coefficient (Wildman–Crippen LogP) is 4.74. The molecular formula is C19H18ClIN2O2. The average Bonchev–Trinajstić information content (AvgIpc) is 3.13. The summed E-state index contributed by atoms with van der Waals surface area (Å²) in [6.45, 7) is 3.47. The van der Waals surface area contributed by atoms with Crippen molar-refractivity contribution in [2.45, 2.75) is 19.8 Å². The Hall–Kier alpha value is -1.60. The van der Waals surface area contributed by atoms with Crippen molar-refractivity contribution in [2.75, 3.05) is 18.4 Å². The standard InChI is InChI=1S/C19H18ClIN2O2/c1-12-14(19(25)23-9-2-3-10-23)5-4-6-17(12)22-18(24)13-7-8-15(20)16(21)11-13/h4-8,11H,2-3,9-10H2,1H3,(H,22,24). The van der Waals surface area contributed by atoms with Crippen LogP contribution in [0.3, 0.4) is 0 Å². The molecule has 2 aromatic carbocycles. The first-order valence-electron chi connectivity index (χ1n) is 8.12. The molecule has 1 saturated heterocycles. The van der Waals surface area contributed by atoms with Crippen LogP contribution in [0.4, 0.5) is 5.69 Å². The summed E-state index contributed by atoms with van der Waals surface area (Å²) in [4.78, 5) is 27.0. The maximum Gasteiger partial charge on any atom is 0.255 e. The first kappa shape index (κ1) is 18.2. The third-order valence-electron chi connectivity index (χ3n) is 4.39. The van der Waals surface area contributed by atoms with Gasteiger partial charge in [0.05, 0.1) is 5.02 Å². The van der Waals surface area contributed by atoms with Crippen molar-refractivity contribution < 1.29 is 9.59 Å². The highest BCUT2D eigenvalue weighted by molar-refractivity contribution is 14.1. The van der Waals surface area contributed by atoms with Crippen molar-refractivity contribution in [1.82, 2.24) is 4.90 Å². The minimum Gasteiger partial charge on any atom is -0.339 e. The molecule has 130 valence electrons. The molecule has 0 spiro atoms. The van der Waals surface area contributed by atoms with E-state index in [2.05, 4.69) is 27.9 Å². The zero-order valence-corrected chi connectivity index (χ0v) is 16.7. The van der Waals surface area contributed by atoms with Gasteiger partial charge in [-0.25, -0.2) is 0 Å². The van der Waals surface area contributed by atoms with Crippen LogP contribution < -0.4 is 5.32 Å². The number of nitrogens with zero attached hydrogens (tertiary/aromatic N) is 1. The van der Waals surface area contributed by atoms with Crippen LogP contribution in [0.25, 0.3) is 0 Å². The fourth-order valence-corrected chi connectivity index (χ4v) is 3.56. The van der Waals surface area contributed by atoms with E-state index < -0.39 is 0 Å². The Morgan fingerprint density at radius 3 is 2.56 bits per heavy atom. The molecule has 2 aromatic rings. The van der Waals surface area contributed by atoms with E-state index >= 15 is 0 Å². The zero-order valence-electron chi connectivity index (χ0n) is 13.8. The zero-order chi connectivity index (χ0) is 18.0. The van der Waals surface area contributed by atoms with Gasteiger partial charge < -0.3 is 10.2 Å². The number of hydrogen-bond donors (Lipinski definition) is 1. The molecule has 0 radical (unpaired) electrons. The van der Waals surface area contributed by atoms with Crippen molar-refractivity contribution in [3.8, 4) is 0 Å². The van der Waals surface area contributed by atoms with E-state index in [0.717, 1.165) is 35.1 Å². The van der Waals surface area contributed by atoms with E-state index in [1.54, 1.807) is 24.3 Å². The van der Waals surface area contributed by atoms with Gasteiger partial charge in [0.1, 0.15) is 0 Å². The maximum absolute atomic E-state index is 12.7. The van der Waals surface area contributed by atoms with E-state index in [0.29, 0.717) is 21.8 Å². The number of carbonyl (C=O) groups excluding carboxylic acids is 2. The molecule has 0 aliphatic carbocycles. The van der Waals surface area contributed by atoms with E-state index in [-0.39, 0.29) is 11.8 Å². The van der Waals surface area contributed by atoms with E-state index in [9.17, 15) is 9.59 Å². The fourth-order valence-electron chi connectivity index (χ4n) is 2.93. The number of hydrogen-bond acceptors (Lipinski definition) is 2. The van der Waals surface area contributed by atoms with Gasteiger partial charge in [-0.15, -0.1) is 0 Å². The number of benzene rings is 2. The molecule has 1 aliphatic heterocycles. The minimum atomic E-state index is -0.219. The van der Waals surface area contributed by atoms with Crippen molar-refractivity contribution in [1.29, 1.82) is 0 Å². The van der Waals surface area contributed by atoms with Gasteiger partial charge in [-0.2, -0.15) is 0 Å². The molecule has 0 unspecified atom stereocenters. The molecule has 3 rings (SSSR count). The second kappa shape index (κ2) is 7.74. The van der Waals surface area contributed by atoms with Crippen LogP contribution >= 0.6 is 34.2 Å². The lowest BCUT2D eigenvalue weighted by Crippen LogP contribution is -2.28. The predicted molar refractivity (Wildman–Crippen MR) is 108 cm³/mol. The molecule has 1 heterocycles. The molecule has 0 saturated carbocycles. The molecule has 0 aromatic heterocycles. The van der Waals surface area contributed by atoms with Gasteiger partial charge in [0.25, 0.3) is 11.8 Å². The summed E-state index contributed by atoms with van der Waals surface area (Å²) >= 11 is 8.10. The lowest BCUT2D eigenvalue weighted by Gasteiger charge is -2.18. The lowest BCUT2D eigenvalue weighted by molar-refractivity contribution is 0.0791. The van der Waals surface area contributed by atoms with Crippen molar-refractivity contribution in [3.63, 3.8) is 0 Å². The Morgan fingerprint density at radius 2 is 1.88 bits per heavy atom. The van der Waals surface area contributed by atoms with E-state index in [1.165, 1.54) is 0 Å². The maximum atomic E-state index is 12.7. The van der Waals surface area contributed by atoms with E-state index in [1.807, 2.05) is 24.0 Å². The molecular weight excluding hydrogens is 451 g/mol. The van der Waals surface area contributed by atoms with Gasteiger partial charge in [-0.05, 0) is 78.3 Å². The average molecular weight is 469 g/mol. The first-order valence-corrected chi connectivity index (χ1v) is 9.58. The lowest BCUT2D eigenvalue weighted by atomic mass is 10.0. The van der Waals surface area contributed by atoms with Crippen molar-refractivity contribution in [3.05, 3.63) is 61.7 Å². The Kier molecular flexibility index (Phi) is 5.64.